The number of anilines is 2. The van der Waals surface area contributed by atoms with Gasteiger partial charge >= 0.3 is 6.18 Å². The lowest BCUT2D eigenvalue weighted by molar-refractivity contribution is -0.122. The average Bonchev–Trinajstić information content (AvgIpc) is 3.11. The third-order valence-corrected chi connectivity index (χ3v) is 5.31. The van der Waals surface area contributed by atoms with Gasteiger partial charge in [-0.1, -0.05) is 48.2 Å². The van der Waals surface area contributed by atoms with Crippen molar-refractivity contribution in [3.63, 3.8) is 0 Å². The summed E-state index contributed by atoms with van der Waals surface area (Å²) in [6.07, 6.45) is -3.59. The van der Waals surface area contributed by atoms with Gasteiger partial charge in [0.2, 0.25) is 16.9 Å². The van der Waals surface area contributed by atoms with Crippen molar-refractivity contribution in [3.8, 4) is 0 Å². The van der Waals surface area contributed by atoms with Crippen LogP contribution in [0.2, 0.25) is 0 Å². The summed E-state index contributed by atoms with van der Waals surface area (Å²) in [5.74, 6) is -0.787. The number of rotatable bonds is 9. The summed E-state index contributed by atoms with van der Waals surface area (Å²) in [4.78, 5) is 23.8. The molecule has 2 rings (SSSR count). The Labute approximate surface area is 167 Å². The Hall–Kier alpha value is -2.34. The number of aryl methyl sites for hydroxylation is 1. The molecule has 0 bridgehead atoms. The number of hydrogen-bond acceptors (Lipinski definition) is 7. The third kappa shape index (κ3) is 7.72. The summed E-state index contributed by atoms with van der Waals surface area (Å²) in [6.45, 7) is 0.580. The van der Waals surface area contributed by atoms with E-state index in [9.17, 15) is 22.8 Å². The summed E-state index contributed by atoms with van der Waals surface area (Å²) in [7, 11) is 0. The second kappa shape index (κ2) is 10.3. The maximum absolute atomic E-state index is 12.1. The van der Waals surface area contributed by atoms with E-state index in [-0.39, 0.29) is 23.3 Å². The van der Waals surface area contributed by atoms with Crippen LogP contribution in [0.4, 0.5) is 24.0 Å². The number of thioether (sulfide) groups is 1. The van der Waals surface area contributed by atoms with Gasteiger partial charge in [0.05, 0.1) is 12.3 Å². The molecule has 0 saturated carbocycles. The van der Waals surface area contributed by atoms with Crippen molar-refractivity contribution in [2.45, 2.75) is 23.9 Å². The topological polar surface area (TPSA) is 96.0 Å². The molecular weight excluding hydrogens is 415 g/mol. The number of para-hydroxylation sites is 1. The van der Waals surface area contributed by atoms with E-state index in [4.69, 9.17) is 0 Å². The average molecular weight is 433 g/mol. The van der Waals surface area contributed by atoms with Gasteiger partial charge in [-0.25, -0.2) is 0 Å². The van der Waals surface area contributed by atoms with E-state index >= 15 is 0 Å². The minimum absolute atomic E-state index is 0.0224. The molecule has 0 aliphatic heterocycles. The largest absolute Gasteiger partial charge is 0.405 e. The van der Waals surface area contributed by atoms with Crippen LogP contribution in [0, 0.1) is 0 Å². The fraction of sp³-hybridized carbons (Fsp3) is 0.375. The normalized spacial score (nSPS) is 11.1. The number of aromatic nitrogens is 2. The van der Waals surface area contributed by atoms with E-state index in [1.54, 1.807) is 6.07 Å². The molecule has 1 heterocycles. The molecule has 3 N–H and O–H groups in total. The number of carbonyl (C=O) groups is 2. The van der Waals surface area contributed by atoms with Gasteiger partial charge in [0, 0.05) is 5.69 Å². The standard InChI is InChI=1S/C16H18F3N5O2S2/c1-2-10-5-3-4-6-11(10)22-12(25)7-20-13(26)8-27-15-24-23-14(28-15)21-9-16(17,18)19/h3-6H,2,7-9H2,1H3,(H,20,26)(H,21,23)(H,22,25). The molecule has 2 aromatic rings. The fourth-order valence-corrected chi connectivity index (χ4v) is 3.60. The van der Waals surface area contributed by atoms with Gasteiger partial charge in [-0.3, -0.25) is 9.59 Å². The monoisotopic (exact) mass is 433 g/mol. The van der Waals surface area contributed by atoms with E-state index in [2.05, 4.69) is 26.1 Å². The van der Waals surface area contributed by atoms with E-state index in [0.717, 1.165) is 35.1 Å². The maximum atomic E-state index is 12.1. The third-order valence-electron chi connectivity index (χ3n) is 3.29. The molecule has 0 radical (unpaired) electrons. The van der Waals surface area contributed by atoms with Gasteiger partial charge in [0.15, 0.2) is 4.34 Å². The second-order valence-corrected chi connectivity index (χ2v) is 7.67. The first kappa shape index (κ1) is 22.0. The van der Waals surface area contributed by atoms with Crippen molar-refractivity contribution in [2.75, 3.05) is 29.5 Å². The van der Waals surface area contributed by atoms with Crippen LogP contribution in [0.1, 0.15) is 12.5 Å². The van der Waals surface area contributed by atoms with Crippen LogP contribution in [-0.4, -0.2) is 47.0 Å². The van der Waals surface area contributed by atoms with Crippen molar-refractivity contribution in [3.05, 3.63) is 29.8 Å². The van der Waals surface area contributed by atoms with E-state index in [1.807, 2.05) is 25.1 Å². The van der Waals surface area contributed by atoms with Crippen LogP contribution in [0.25, 0.3) is 0 Å². The number of carbonyl (C=O) groups excluding carboxylic acids is 2. The molecule has 0 fully saturated rings. The molecule has 7 nitrogen and oxygen atoms in total. The summed E-state index contributed by atoms with van der Waals surface area (Å²) in [5.41, 5.74) is 1.69. The zero-order valence-corrected chi connectivity index (χ0v) is 16.4. The Morgan fingerprint density at radius 3 is 2.64 bits per heavy atom. The molecular formula is C16H18F3N5O2S2. The molecule has 1 aromatic heterocycles. The van der Waals surface area contributed by atoms with E-state index in [1.165, 1.54) is 0 Å². The maximum Gasteiger partial charge on any atom is 0.405 e. The van der Waals surface area contributed by atoms with Crippen LogP contribution in [0.15, 0.2) is 28.6 Å². The first-order valence-electron chi connectivity index (χ1n) is 8.18. The molecule has 28 heavy (non-hydrogen) atoms. The lowest BCUT2D eigenvalue weighted by atomic mass is 10.1. The predicted molar refractivity (Wildman–Crippen MR) is 103 cm³/mol. The summed E-state index contributed by atoms with van der Waals surface area (Å²) in [6, 6.07) is 7.38. The minimum Gasteiger partial charge on any atom is -0.351 e. The Balaban J connectivity index is 1.71. The number of nitrogens with zero attached hydrogens (tertiary/aromatic N) is 2. The van der Waals surface area contributed by atoms with E-state index < -0.39 is 18.6 Å². The Morgan fingerprint density at radius 1 is 1.18 bits per heavy atom. The first-order chi connectivity index (χ1) is 13.3. The molecule has 0 unspecified atom stereocenters. The Morgan fingerprint density at radius 2 is 1.93 bits per heavy atom. The highest BCUT2D eigenvalue weighted by atomic mass is 32.2. The molecule has 12 heteroatoms. The van der Waals surface area contributed by atoms with Crippen molar-refractivity contribution >= 4 is 45.7 Å². The number of benzene rings is 1. The van der Waals surface area contributed by atoms with Crippen molar-refractivity contribution in [2.24, 2.45) is 0 Å². The zero-order valence-electron chi connectivity index (χ0n) is 14.8. The van der Waals surface area contributed by atoms with Crippen molar-refractivity contribution < 1.29 is 22.8 Å². The number of alkyl halides is 3. The molecule has 2 amide bonds. The summed E-state index contributed by atoms with van der Waals surface area (Å²) < 4.78 is 36.8. The lowest BCUT2D eigenvalue weighted by Crippen LogP contribution is -2.34. The number of halogens is 3. The molecule has 0 saturated heterocycles. The van der Waals surface area contributed by atoms with Crippen LogP contribution in [0.3, 0.4) is 0 Å². The molecule has 152 valence electrons. The van der Waals surface area contributed by atoms with Gasteiger partial charge in [-0.05, 0) is 18.1 Å². The zero-order chi connectivity index (χ0) is 20.6. The number of hydrogen-bond donors (Lipinski definition) is 3. The van der Waals surface area contributed by atoms with Crippen molar-refractivity contribution in [1.29, 1.82) is 0 Å². The van der Waals surface area contributed by atoms with Crippen LogP contribution < -0.4 is 16.0 Å². The Bertz CT molecular complexity index is 814. The lowest BCUT2D eigenvalue weighted by Gasteiger charge is -2.10. The predicted octanol–water partition coefficient (Wildman–Crippen LogP) is 2.92. The van der Waals surface area contributed by atoms with Crippen LogP contribution in [0.5, 0.6) is 0 Å². The van der Waals surface area contributed by atoms with Crippen molar-refractivity contribution in [1.82, 2.24) is 15.5 Å². The smallest absolute Gasteiger partial charge is 0.351 e. The molecule has 0 atom stereocenters. The second-order valence-electron chi connectivity index (χ2n) is 5.47. The number of nitrogens with one attached hydrogen (secondary N) is 3. The van der Waals surface area contributed by atoms with Gasteiger partial charge in [-0.15, -0.1) is 10.2 Å². The molecule has 1 aromatic carbocycles. The van der Waals surface area contributed by atoms with Gasteiger partial charge < -0.3 is 16.0 Å². The van der Waals surface area contributed by atoms with Crippen LogP contribution >= 0.6 is 23.1 Å². The fourth-order valence-electron chi connectivity index (χ4n) is 2.02. The quantitative estimate of drug-likeness (QED) is 0.527. The summed E-state index contributed by atoms with van der Waals surface area (Å²) >= 11 is 1.94. The first-order valence-corrected chi connectivity index (χ1v) is 9.98. The van der Waals surface area contributed by atoms with Gasteiger partial charge in [0.1, 0.15) is 6.54 Å². The highest BCUT2D eigenvalue weighted by Crippen LogP contribution is 2.26. The molecule has 0 aliphatic rings. The minimum atomic E-state index is -4.35. The van der Waals surface area contributed by atoms with Gasteiger partial charge in [-0.2, -0.15) is 13.2 Å². The molecule has 0 aliphatic carbocycles. The highest BCUT2D eigenvalue weighted by Gasteiger charge is 2.27. The SMILES string of the molecule is CCc1ccccc1NC(=O)CNC(=O)CSc1nnc(NCC(F)(F)F)s1. The van der Waals surface area contributed by atoms with E-state index in [0.29, 0.717) is 10.0 Å². The van der Waals surface area contributed by atoms with Crippen LogP contribution in [-0.2, 0) is 16.0 Å². The summed E-state index contributed by atoms with van der Waals surface area (Å²) in [5, 5.41) is 14.6. The van der Waals surface area contributed by atoms with Gasteiger partial charge in [0.25, 0.3) is 0 Å². The highest BCUT2D eigenvalue weighted by molar-refractivity contribution is 8.01. The molecule has 0 spiro atoms. The number of amides is 2. The Kier molecular flexibility index (Phi) is 8.05.